The normalized spacial score (nSPS) is 10.5. The molecule has 0 aliphatic heterocycles. The van der Waals surface area contributed by atoms with Gasteiger partial charge in [-0.2, -0.15) is 0 Å². The molecule has 3 aromatic rings. The van der Waals surface area contributed by atoms with Crippen LogP contribution in [0.25, 0.3) is 0 Å². The molecule has 3 aromatic carbocycles. The van der Waals surface area contributed by atoms with Gasteiger partial charge < -0.3 is 10.1 Å². The first-order chi connectivity index (χ1) is 12.6. The van der Waals surface area contributed by atoms with E-state index >= 15 is 0 Å². The monoisotopic (exact) mass is 353 g/mol. The highest BCUT2D eigenvalue weighted by atomic mass is 19.1. The molecule has 3 rings (SSSR count). The lowest BCUT2D eigenvalue weighted by molar-refractivity contribution is 0.101. The number of nitrogens with one attached hydrogen (secondary N) is 1. The third-order valence-electron chi connectivity index (χ3n) is 3.78. The van der Waals surface area contributed by atoms with E-state index in [-0.39, 0.29) is 0 Å². The maximum atomic E-state index is 13.6. The average molecular weight is 353 g/mol. The van der Waals surface area contributed by atoms with Crippen LogP contribution in [0.15, 0.2) is 72.8 Å². The van der Waals surface area contributed by atoms with Crippen molar-refractivity contribution in [2.75, 3.05) is 5.32 Å². The maximum absolute atomic E-state index is 13.6. The summed E-state index contributed by atoms with van der Waals surface area (Å²) in [6.45, 7) is 0.928. The van der Waals surface area contributed by atoms with Crippen molar-refractivity contribution in [1.82, 2.24) is 0 Å². The van der Waals surface area contributed by atoms with Gasteiger partial charge in [0, 0.05) is 5.69 Å². The fourth-order valence-electron chi connectivity index (χ4n) is 2.45. The molecule has 3 nitrogen and oxygen atoms in total. The zero-order valence-corrected chi connectivity index (χ0v) is 13.9. The van der Waals surface area contributed by atoms with Crippen molar-refractivity contribution in [2.24, 2.45) is 0 Å². The van der Waals surface area contributed by atoms with E-state index in [1.807, 2.05) is 30.3 Å². The van der Waals surface area contributed by atoms with E-state index in [0.29, 0.717) is 18.9 Å². The summed E-state index contributed by atoms with van der Waals surface area (Å²) in [5.41, 5.74) is 1.87. The molecule has 0 aliphatic rings. The number of benzene rings is 3. The van der Waals surface area contributed by atoms with Crippen LogP contribution >= 0.6 is 0 Å². The smallest absolute Gasteiger partial charge is 0.261 e. The van der Waals surface area contributed by atoms with Crippen molar-refractivity contribution in [3.05, 3.63) is 101 Å². The molecule has 0 atom stereocenters. The third-order valence-corrected chi connectivity index (χ3v) is 3.78. The Morgan fingerprint density at radius 3 is 1.96 bits per heavy atom. The van der Waals surface area contributed by atoms with E-state index in [2.05, 4.69) is 5.32 Å². The highest BCUT2D eigenvalue weighted by molar-refractivity contribution is 6.04. The van der Waals surface area contributed by atoms with Crippen LogP contribution in [0, 0.1) is 11.6 Å². The minimum Gasteiger partial charge on any atom is -0.372 e. The summed E-state index contributed by atoms with van der Waals surface area (Å²) in [4.78, 5) is 12.1. The molecular formula is C21H17F2NO2. The molecule has 1 amide bonds. The summed E-state index contributed by atoms with van der Waals surface area (Å²) in [5, 5.41) is 2.49. The van der Waals surface area contributed by atoms with Crippen LogP contribution in [0.4, 0.5) is 14.5 Å². The Balaban J connectivity index is 1.57. The lowest BCUT2D eigenvalue weighted by atomic mass is 10.1. The predicted molar refractivity (Wildman–Crippen MR) is 95.7 cm³/mol. The molecule has 0 heterocycles. The van der Waals surface area contributed by atoms with Crippen molar-refractivity contribution in [3.63, 3.8) is 0 Å². The molecule has 0 saturated heterocycles. The fraction of sp³-hybridized carbons (Fsp3) is 0.0952. The highest BCUT2D eigenvalue weighted by Crippen LogP contribution is 2.16. The van der Waals surface area contributed by atoms with Crippen molar-refractivity contribution in [2.45, 2.75) is 13.2 Å². The fourth-order valence-corrected chi connectivity index (χ4v) is 2.45. The number of carbonyl (C=O) groups is 1. The minimum absolute atomic E-state index is 0.422. The van der Waals surface area contributed by atoms with Crippen molar-refractivity contribution >= 4 is 11.6 Å². The Morgan fingerprint density at radius 1 is 0.769 bits per heavy atom. The van der Waals surface area contributed by atoms with Gasteiger partial charge in [-0.1, -0.05) is 48.5 Å². The van der Waals surface area contributed by atoms with Gasteiger partial charge in [0.05, 0.1) is 13.2 Å². The van der Waals surface area contributed by atoms with E-state index < -0.39 is 23.1 Å². The number of ether oxygens (including phenoxy) is 1. The molecule has 0 fully saturated rings. The van der Waals surface area contributed by atoms with Gasteiger partial charge in [-0.3, -0.25) is 4.79 Å². The van der Waals surface area contributed by atoms with Crippen LogP contribution in [0.5, 0.6) is 0 Å². The second-order valence-corrected chi connectivity index (χ2v) is 5.73. The molecule has 26 heavy (non-hydrogen) atoms. The van der Waals surface area contributed by atoms with Gasteiger partial charge in [-0.15, -0.1) is 0 Å². The quantitative estimate of drug-likeness (QED) is 0.682. The summed E-state index contributed by atoms with van der Waals surface area (Å²) in [7, 11) is 0. The van der Waals surface area contributed by atoms with Crippen LogP contribution in [-0.4, -0.2) is 5.91 Å². The van der Waals surface area contributed by atoms with Gasteiger partial charge in [-0.05, 0) is 35.4 Å². The zero-order chi connectivity index (χ0) is 18.4. The number of rotatable bonds is 6. The summed E-state index contributed by atoms with van der Waals surface area (Å²) in [5.74, 6) is -2.62. The number of carbonyl (C=O) groups excluding carboxylic acids is 1. The summed E-state index contributed by atoms with van der Waals surface area (Å²) in [6, 6.07) is 20.0. The number of amides is 1. The number of hydrogen-bond donors (Lipinski definition) is 1. The van der Waals surface area contributed by atoms with Gasteiger partial charge >= 0.3 is 0 Å². The second kappa shape index (κ2) is 8.36. The molecule has 0 aliphatic carbocycles. The molecule has 0 unspecified atom stereocenters. The molecule has 5 heteroatoms. The number of hydrogen-bond acceptors (Lipinski definition) is 2. The summed E-state index contributed by atoms with van der Waals surface area (Å²) < 4.78 is 32.9. The zero-order valence-electron chi connectivity index (χ0n) is 13.9. The largest absolute Gasteiger partial charge is 0.372 e. The van der Waals surface area contributed by atoms with Gasteiger partial charge in [-0.25, -0.2) is 8.78 Å². The van der Waals surface area contributed by atoms with Crippen LogP contribution in [0.2, 0.25) is 0 Å². The van der Waals surface area contributed by atoms with Crippen molar-refractivity contribution < 1.29 is 18.3 Å². The topological polar surface area (TPSA) is 38.3 Å². The SMILES string of the molecule is O=C(Nc1ccc(COCc2ccccc2)cc1)c1c(F)cccc1F. The summed E-state index contributed by atoms with van der Waals surface area (Å²) in [6.07, 6.45) is 0. The maximum Gasteiger partial charge on any atom is 0.261 e. The van der Waals surface area contributed by atoms with Crippen LogP contribution < -0.4 is 5.32 Å². The first-order valence-electron chi connectivity index (χ1n) is 8.09. The van der Waals surface area contributed by atoms with E-state index in [0.717, 1.165) is 23.3 Å². The van der Waals surface area contributed by atoms with Crippen molar-refractivity contribution in [3.8, 4) is 0 Å². The minimum atomic E-state index is -0.895. The number of halogens is 2. The average Bonchev–Trinajstić information content (AvgIpc) is 2.64. The molecule has 132 valence electrons. The van der Waals surface area contributed by atoms with E-state index in [4.69, 9.17) is 4.74 Å². The van der Waals surface area contributed by atoms with Gasteiger partial charge in [0.25, 0.3) is 5.91 Å². The second-order valence-electron chi connectivity index (χ2n) is 5.73. The number of anilines is 1. The standard InChI is InChI=1S/C21H17F2NO2/c22-18-7-4-8-19(23)20(18)21(25)24-17-11-9-16(10-12-17)14-26-13-15-5-2-1-3-6-15/h1-12H,13-14H2,(H,24,25). The van der Waals surface area contributed by atoms with Crippen LogP contribution in [0.1, 0.15) is 21.5 Å². The lowest BCUT2D eigenvalue weighted by Gasteiger charge is -2.09. The molecule has 0 spiro atoms. The third kappa shape index (κ3) is 4.52. The first kappa shape index (κ1) is 17.8. The first-order valence-corrected chi connectivity index (χ1v) is 8.09. The van der Waals surface area contributed by atoms with Crippen molar-refractivity contribution in [1.29, 1.82) is 0 Å². The van der Waals surface area contributed by atoms with Crippen LogP contribution in [0.3, 0.4) is 0 Å². The van der Waals surface area contributed by atoms with Gasteiger partial charge in [0.1, 0.15) is 17.2 Å². The van der Waals surface area contributed by atoms with Gasteiger partial charge in [0.2, 0.25) is 0 Å². The van der Waals surface area contributed by atoms with E-state index in [1.165, 1.54) is 6.07 Å². The lowest BCUT2D eigenvalue weighted by Crippen LogP contribution is -2.15. The molecule has 0 saturated carbocycles. The Bertz CT molecular complexity index is 860. The highest BCUT2D eigenvalue weighted by Gasteiger charge is 2.16. The van der Waals surface area contributed by atoms with E-state index in [1.54, 1.807) is 24.3 Å². The predicted octanol–water partition coefficient (Wildman–Crippen LogP) is 4.93. The molecule has 0 aromatic heterocycles. The molecule has 0 radical (unpaired) electrons. The Labute approximate surface area is 150 Å². The van der Waals surface area contributed by atoms with E-state index in [9.17, 15) is 13.6 Å². The van der Waals surface area contributed by atoms with Gasteiger partial charge in [0.15, 0.2) is 0 Å². The Kier molecular flexibility index (Phi) is 5.71. The Morgan fingerprint density at radius 2 is 1.35 bits per heavy atom. The van der Waals surface area contributed by atoms with Crippen LogP contribution in [-0.2, 0) is 18.0 Å². The summed E-state index contributed by atoms with van der Waals surface area (Å²) >= 11 is 0. The Hall–Kier alpha value is -3.05. The molecule has 1 N–H and O–H groups in total. The molecular weight excluding hydrogens is 336 g/mol. The molecule has 0 bridgehead atoms.